The predicted molar refractivity (Wildman–Crippen MR) is 113 cm³/mol. The number of carbonyl (C=O) groups excluding carboxylic acids is 1. The molecular formula is C18H23ClN4O2S2. The fraction of sp³-hybridized carbons (Fsp3) is 0.500. The van der Waals surface area contributed by atoms with Crippen LogP contribution in [0.3, 0.4) is 0 Å². The number of rotatable bonds is 6. The molecule has 0 atom stereocenters. The molecule has 0 saturated carbocycles. The highest BCUT2D eigenvalue weighted by atomic mass is 35.5. The number of halogens is 1. The smallest absolute Gasteiger partial charge is 0.341 e. The number of aromatic nitrogens is 2. The van der Waals surface area contributed by atoms with Gasteiger partial charge in [-0.25, -0.2) is 4.79 Å². The van der Waals surface area contributed by atoms with Crippen LogP contribution in [-0.2, 0) is 24.1 Å². The maximum absolute atomic E-state index is 12.2. The lowest BCUT2D eigenvalue weighted by Gasteiger charge is -2.11. The molecule has 2 aromatic rings. The largest absolute Gasteiger partial charge is 0.465 e. The molecule has 0 unspecified atom stereocenters. The molecule has 0 aromatic carbocycles. The minimum absolute atomic E-state index is 0.305. The van der Waals surface area contributed by atoms with Crippen molar-refractivity contribution in [3.63, 3.8) is 0 Å². The zero-order chi connectivity index (χ0) is 19.6. The second kappa shape index (κ2) is 8.58. The average molecular weight is 427 g/mol. The van der Waals surface area contributed by atoms with Gasteiger partial charge in [0.2, 0.25) is 0 Å². The third kappa shape index (κ3) is 4.28. The molecule has 1 aliphatic carbocycles. The van der Waals surface area contributed by atoms with E-state index >= 15 is 0 Å². The van der Waals surface area contributed by atoms with Crippen molar-refractivity contribution in [1.82, 2.24) is 15.1 Å². The summed E-state index contributed by atoms with van der Waals surface area (Å²) in [5.41, 5.74) is 3.57. The van der Waals surface area contributed by atoms with E-state index in [2.05, 4.69) is 15.7 Å². The summed E-state index contributed by atoms with van der Waals surface area (Å²) in [6.45, 7) is 5.32. The maximum Gasteiger partial charge on any atom is 0.341 e. The molecule has 27 heavy (non-hydrogen) atoms. The Morgan fingerprint density at radius 2 is 2.19 bits per heavy atom. The van der Waals surface area contributed by atoms with Crippen molar-refractivity contribution in [3.05, 3.63) is 32.4 Å². The first-order chi connectivity index (χ1) is 12.9. The quantitative estimate of drug-likeness (QED) is 0.415. The molecule has 0 fully saturated rings. The van der Waals surface area contributed by atoms with Gasteiger partial charge in [0, 0.05) is 18.0 Å². The van der Waals surface area contributed by atoms with Crippen LogP contribution in [0.4, 0.5) is 5.00 Å². The number of aryl methyl sites for hydroxylation is 3. The van der Waals surface area contributed by atoms with Gasteiger partial charge < -0.3 is 15.4 Å². The lowest BCUT2D eigenvalue weighted by atomic mass is 10.1. The molecule has 3 rings (SSSR count). The zero-order valence-corrected chi connectivity index (χ0v) is 18.0. The van der Waals surface area contributed by atoms with Gasteiger partial charge in [0.1, 0.15) is 5.00 Å². The van der Waals surface area contributed by atoms with E-state index < -0.39 is 0 Å². The number of fused-ring (bicyclic) bond motifs is 1. The van der Waals surface area contributed by atoms with Crippen molar-refractivity contribution >= 4 is 51.2 Å². The molecule has 0 amide bonds. The average Bonchev–Trinajstić information content (AvgIpc) is 3.28. The molecule has 0 saturated heterocycles. The Morgan fingerprint density at radius 1 is 1.41 bits per heavy atom. The van der Waals surface area contributed by atoms with Crippen LogP contribution in [-0.4, -0.2) is 34.5 Å². The topological polar surface area (TPSA) is 68.2 Å². The molecule has 1 aliphatic rings. The number of nitrogens with zero attached hydrogens (tertiary/aromatic N) is 2. The predicted octanol–water partition coefficient (Wildman–Crippen LogP) is 3.87. The number of esters is 1. The van der Waals surface area contributed by atoms with Gasteiger partial charge >= 0.3 is 5.97 Å². The molecule has 9 heteroatoms. The monoisotopic (exact) mass is 426 g/mol. The first-order valence-electron chi connectivity index (χ1n) is 8.89. The van der Waals surface area contributed by atoms with E-state index in [1.54, 1.807) is 11.3 Å². The summed E-state index contributed by atoms with van der Waals surface area (Å²) in [7, 11) is 1.41. The van der Waals surface area contributed by atoms with Crippen molar-refractivity contribution in [1.29, 1.82) is 0 Å². The van der Waals surface area contributed by atoms with Crippen molar-refractivity contribution < 1.29 is 9.53 Å². The summed E-state index contributed by atoms with van der Waals surface area (Å²) in [5, 5.41) is 12.8. The third-order valence-electron chi connectivity index (χ3n) is 4.66. The Balaban J connectivity index is 1.54. The molecule has 0 bridgehead atoms. The summed E-state index contributed by atoms with van der Waals surface area (Å²) in [5.74, 6) is -0.305. The van der Waals surface area contributed by atoms with Crippen LogP contribution in [0.25, 0.3) is 0 Å². The van der Waals surface area contributed by atoms with E-state index in [4.69, 9.17) is 28.6 Å². The van der Waals surface area contributed by atoms with Crippen LogP contribution in [0.2, 0.25) is 5.02 Å². The van der Waals surface area contributed by atoms with Crippen molar-refractivity contribution in [2.45, 2.75) is 46.1 Å². The van der Waals surface area contributed by atoms with Crippen LogP contribution in [0.5, 0.6) is 0 Å². The minimum Gasteiger partial charge on any atom is -0.465 e. The van der Waals surface area contributed by atoms with E-state index in [1.807, 2.05) is 18.5 Å². The van der Waals surface area contributed by atoms with Gasteiger partial charge in [-0.3, -0.25) is 4.68 Å². The molecule has 0 spiro atoms. The number of hydrogen-bond donors (Lipinski definition) is 2. The normalized spacial score (nSPS) is 12.7. The fourth-order valence-electron chi connectivity index (χ4n) is 3.28. The van der Waals surface area contributed by atoms with E-state index in [9.17, 15) is 4.79 Å². The van der Waals surface area contributed by atoms with Crippen LogP contribution in [0.15, 0.2) is 0 Å². The van der Waals surface area contributed by atoms with Crippen LogP contribution >= 0.6 is 35.2 Å². The lowest BCUT2D eigenvalue weighted by Crippen LogP contribution is -2.30. The van der Waals surface area contributed by atoms with Crippen LogP contribution in [0.1, 0.15) is 45.0 Å². The summed E-state index contributed by atoms with van der Waals surface area (Å²) < 4.78 is 6.87. The van der Waals surface area contributed by atoms with Crippen LogP contribution < -0.4 is 10.6 Å². The molecule has 2 heterocycles. The Kier molecular flexibility index (Phi) is 6.39. The molecule has 0 aliphatic heterocycles. The van der Waals surface area contributed by atoms with Gasteiger partial charge in [-0.1, -0.05) is 11.6 Å². The molecular weight excluding hydrogens is 404 g/mol. The summed E-state index contributed by atoms with van der Waals surface area (Å²) in [6.07, 6.45) is 3.87. The number of anilines is 1. The fourth-order valence-corrected chi connectivity index (χ4v) is 4.97. The Morgan fingerprint density at radius 3 is 2.85 bits per heavy atom. The van der Waals surface area contributed by atoms with Gasteiger partial charge in [-0.05, 0) is 57.3 Å². The van der Waals surface area contributed by atoms with E-state index in [1.165, 1.54) is 12.0 Å². The van der Waals surface area contributed by atoms with Crippen LogP contribution in [0, 0.1) is 13.8 Å². The summed E-state index contributed by atoms with van der Waals surface area (Å²) in [6, 6.07) is 0. The highest BCUT2D eigenvalue weighted by Crippen LogP contribution is 2.39. The van der Waals surface area contributed by atoms with Gasteiger partial charge in [0.15, 0.2) is 5.11 Å². The second-order valence-corrected chi connectivity index (χ2v) is 8.39. The van der Waals surface area contributed by atoms with Crippen molar-refractivity contribution in [2.75, 3.05) is 19.0 Å². The number of methoxy groups -OCH3 is 1. The highest BCUT2D eigenvalue weighted by Gasteiger charge is 2.27. The zero-order valence-electron chi connectivity index (χ0n) is 15.6. The standard InChI is InChI=1S/C18H23ClN4O2S2/c1-10-15(19)11(2)23(22-10)9-5-8-20-18(26)21-16-14(17(24)25-3)12-6-4-7-13(12)27-16/h4-9H2,1-3H3,(H2,20,21,26). The van der Waals surface area contributed by atoms with Gasteiger partial charge in [-0.2, -0.15) is 5.10 Å². The van der Waals surface area contributed by atoms with E-state index in [0.29, 0.717) is 17.2 Å². The number of carbonyl (C=O) groups is 1. The molecule has 2 aromatic heterocycles. The lowest BCUT2D eigenvalue weighted by molar-refractivity contribution is 0.0601. The second-order valence-electron chi connectivity index (χ2n) is 6.50. The summed E-state index contributed by atoms with van der Waals surface area (Å²) in [4.78, 5) is 13.4. The maximum atomic E-state index is 12.2. The number of thiophene rings is 1. The van der Waals surface area contributed by atoms with Crippen molar-refractivity contribution in [3.8, 4) is 0 Å². The Labute approximate surface area is 173 Å². The van der Waals surface area contributed by atoms with E-state index in [0.717, 1.165) is 59.2 Å². The van der Waals surface area contributed by atoms with Crippen molar-refractivity contribution in [2.24, 2.45) is 0 Å². The minimum atomic E-state index is -0.305. The van der Waals surface area contributed by atoms with Gasteiger partial charge in [-0.15, -0.1) is 11.3 Å². The molecule has 146 valence electrons. The first-order valence-corrected chi connectivity index (χ1v) is 10.5. The number of nitrogens with one attached hydrogen (secondary N) is 2. The Bertz CT molecular complexity index is 875. The highest BCUT2D eigenvalue weighted by molar-refractivity contribution is 7.80. The van der Waals surface area contributed by atoms with Gasteiger partial charge in [0.05, 0.1) is 29.1 Å². The van der Waals surface area contributed by atoms with E-state index in [-0.39, 0.29) is 5.97 Å². The van der Waals surface area contributed by atoms with Gasteiger partial charge in [0.25, 0.3) is 0 Å². The number of hydrogen-bond acceptors (Lipinski definition) is 5. The SMILES string of the molecule is COC(=O)c1c(NC(=S)NCCCn2nc(C)c(Cl)c2C)sc2c1CCC2. The Hall–Kier alpha value is -1.64. The molecule has 2 N–H and O–H groups in total. The number of ether oxygens (including phenoxy) is 1. The molecule has 0 radical (unpaired) electrons. The molecule has 6 nitrogen and oxygen atoms in total. The number of thiocarbonyl (C=S) groups is 1. The summed E-state index contributed by atoms with van der Waals surface area (Å²) >= 11 is 13.2. The first kappa shape index (κ1) is 20.1. The third-order valence-corrected chi connectivity index (χ3v) is 6.66.